The second kappa shape index (κ2) is 8.08. The first kappa shape index (κ1) is 18.9. The first-order valence-electron chi connectivity index (χ1n) is 8.38. The molecule has 2 rings (SSSR count). The van der Waals surface area contributed by atoms with Crippen LogP contribution in [-0.2, 0) is 14.3 Å². The molecule has 25 heavy (non-hydrogen) atoms. The lowest BCUT2D eigenvalue weighted by Crippen LogP contribution is -2.27. The number of aliphatic hydroxyl groups excluding tert-OH is 1. The van der Waals surface area contributed by atoms with Gasteiger partial charge in [0.2, 0.25) is 0 Å². The van der Waals surface area contributed by atoms with E-state index in [-0.39, 0.29) is 24.4 Å². The van der Waals surface area contributed by atoms with Gasteiger partial charge in [-0.15, -0.1) is 0 Å². The van der Waals surface area contributed by atoms with E-state index in [1.165, 1.54) is 0 Å². The maximum Gasteiger partial charge on any atom is 0.342 e. The van der Waals surface area contributed by atoms with E-state index >= 15 is 0 Å². The van der Waals surface area contributed by atoms with Crippen LogP contribution in [0.4, 0.5) is 0 Å². The predicted molar refractivity (Wildman–Crippen MR) is 99.1 cm³/mol. The van der Waals surface area contributed by atoms with Crippen molar-refractivity contribution in [2.24, 2.45) is 0 Å². The largest absolute Gasteiger partial charge is 0.456 e. The van der Waals surface area contributed by atoms with Crippen LogP contribution in [0.5, 0.6) is 0 Å². The third kappa shape index (κ3) is 5.54. The lowest BCUT2D eigenvalue weighted by atomic mass is 10.0. The lowest BCUT2D eigenvalue weighted by Gasteiger charge is -2.20. The van der Waals surface area contributed by atoms with Gasteiger partial charge in [-0.3, -0.25) is 4.79 Å². The highest BCUT2D eigenvalue weighted by atomic mass is 16.6. The van der Waals surface area contributed by atoms with Crippen molar-refractivity contribution in [3.8, 4) is 0 Å². The Morgan fingerprint density at radius 2 is 1.76 bits per heavy atom. The number of ketones is 1. The van der Waals surface area contributed by atoms with Crippen LogP contribution in [-0.4, -0.2) is 29.1 Å². The standard InChI is InChI=1S/C21H24O4/c1-21(2,3)25-20(24)18(19(23)9-6-12-22)14-15-10-11-16-7-4-5-8-17(16)13-15/h4-5,7-8,10-11,13-14,22H,6,9,12H2,1-3H3/b18-14+. The van der Waals surface area contributed by atoms with Gasteiger partial charge in [-0.2, -0.15) is 0 Å². The molecule has 0 bridgehead atoms. The molecule has 0 saturated carbocycles. The fourth-order valence-electron chi connectivity index (χ4n) is 2.42. The number of hydrogen-bond acceptors (Lipinski definition) is 4. The molecule has 2 aromatic carbocycles. The number of aliphatic hydroxyl groups is 1. The van der Waals surface area contributed by atoms with E-state index in [1.807, 2.05) is 42.5 Å². The number of hydrogen-bond donors (Lipinski definition) is 1. The highest BCUT2D eigenvalue weighted by Gasteiger charge is 2.24. The molecule has 0 radical (unpaired) electrons. The van der Waals surface area contributed by atoms with Crippen LogP contribution < -0.4 is 0 Å². The van der Waals surface area contributed by atoms with Crippen LogP contribution in [0, 0.1) is 0 Å². The molecular weight excluding hydrogens is 316 g/mol. The molecule has 0 saturated heterocycles. The third-order valence-electron chi connectivity index (χ3n) is 3.57. The molecule has 0 fully saturated rings. The lowest BCUT2D eigenvalue weighted by molar-refractivity contribution is -0.150. The molecular formula is C21H24O4. The highest BCUT2D eigenvalue weighted by molar-refractivity contribution is 6.20. The van der Waals surface area contributed by atoms with Gasteiger partial charge >= 0.3 is 5.97 Å². The molecule has 0 aliphatic rings. The Morgan fingerprint density at radius 1 is 1.08 bits per heavy atom. The summed E-state index contributed by atoms with van der Waals surface area (Å²) in [6, 6.07) is 13.6. The Balaban J connectivity index is 2.39. The van der Waals surface area contributed by atoms with Crippen LogP contribution in [0.2, 0.25) is 0 Å². The van der Waals surface area contributed by atoms with E-state index in [4.69, 9.17) is 9.84 Å². The van der Waals surface area contributed by atoms with Crippen molar-refractivity contribution in [1.29, 1.82) is 0 Å². The van der Waals surface area contributed by atoms with E-state index in [0.29, 0.717) is 6.42 Å². The molecule has 132 valence electrons. The van der Waals surface area contributed by atoms with Gasteiger partial charge in [-0.25, -0.2) is 4.79 Å². The molecule has 2 aromatic rings. The number of ether oxygens (including phenoxy) is 1. The van der Waals surface area contributed by atoms with Crippen LogP contribution in [0.3, 0.4) is 0 Å². The Bertz CT molecular complexity index is 797. The van der Waals surface area contributed by atoms with Crippen LogP contribution in [0.1, 0.15) is 39.2 Å². The smallest absolute Gasteiger partial charge is 0.342 e. The minimum Gasteiger partial charge on any atom is -0.456 e. The van der Waals surface area contributed by atoms with Crippen molar-refractivity contribution in [1.82, 2.24) is 0 Å². The predicted octanol–water partition coefficient (Wildman–Crippen LogP) is 3.91. The number of esters is 1. The molecule has 1 N–H and O–H groups in total. The van der Waals surface area contributed by atoms with E-state index in [9.17, 15) is 9.59 Å². The zero-order valence-corrected chi connectivity index (χ0v) is 14.9. The maximum absolute atomic E-state index is 12.5. The maximum atomic E-state index is 12.5. The molecule has 0 amide bonds. The summed E-state index contributed by atoms with van der Waals surface area (Å²) in [6.45, 7) is 5.19. The van der Waals surface area contributed by atoms with Gasteiger partial charge in [-0.1, -0.05) is 36.4 Å². The van der Waals surface area contributed by atoms with Gasteiger partial charge in [-0.05, 0) is 55.7 Å². The van der Waals surface area contributed by atoms with Crippen LogP contribution >= 0.6 is 0 Å². The molecule has 0 aliphatic heterocycles. The quantitative estimate of drug-likeness (QED) is 0.375. The van der Waals surface area contributed by atoms with Gasteiger partial charge in [0.25, 0.3) is 0 Å². The van der Waals surface area contributed by atoms with Crippen molar-refractivity contribution >= 4 is 28.6 Å². The Morgan fingerprint density at radius 3 is 2.40 bits per heavy atom. The minimum absolute atomic E-state index is 0.0126. The SMILES string of the molecule is CC(C)(C)OC(=O)/C(=C/c1ccc2ccccc2c1)C(=O)CCCO. The summed E-state index contributed by atoms with van der Waals surface area (Å²) < 4.78 is 5.37. The molecule has 4 nitrogen and oxygen atoms in total. The van der Waals surface area contributed by atoms with E-state index in [0.717, 1.165) is 16.3 Å². The average Bonchev–Trinajstić information content (AvgIpc) is 2.55. The minimum atomic E-state index is -0.684. The molecule has 0 heterocycles. The zero-order chi connectivity index (χ0) is 18.4. The fraction of sp³-hybridized carbons (Fsp3) is 0.333. The summed E-state index contributed by atoms with van der Waals surface area (Å²) >= 11 is 0. The normalized spacial score (nSPS) is 12.2. The third-order valence-corrected chi connectivity index (χ3v) is 3.57. The molecule has 0 unspecified atom stereocenters. The van der Waals surface area contributed by atoms with E-state index < -0.39 is 11.6 Å². The Kier molecular flexibility index (Phi) is 6.10. The zero-order valence-electron chi connectivity index (χ0n) is 14.9. The van der Waals surface area contributed by atoms with Gasteiger partial charge < -0.3 is 9.84 Å². The fourth-order valence-corrected chi connectivity index (χ4v) is 2.42. The van der Waals surface area contributed by atoms with Crippen molar-refractivity contribution in [2.45, 2.75) is 39.2 Å². The van der Waals surface area contributed by atoms with Crippen LogP contribution in [0.25, 0.3) is 16.8 Å². The number of carbonyl (C=O) groups is 2. The van der Waals surface area contributed by atoms with Crippen molar-refractivity contribution < 1.29 is 19.4 Å². The first-order chi connectivity index (χ1) is 11.8. The number of benzene rings is 2. The first-order valence-corrected chi connectivity index (χ1v) is 8.38. The van der Waals surface area contributed by atoms with E-state index in [1.54, 1.807) is 26.8 Å². The second-order valence-corrected chi connectivity index (χ2v) is 6.92. The summed E-state index contributed by atoms with van der Waals surface area (Å²) in [5.74, 6) is -0.958. The molecule has 0 spiro atoms. The number of Topliss-reactive ketones (excluding diaryl/α,β-unsaturated/α-hetero) is 1. The second-order valence-electron chi connectivity index (χ2n) is 6.92. The Labute approximate surface area is 148 Å². The molecule has 0 aliphatic carbocycles. The number of fused-ring (bicyclic) bond motifs is 1. The van der Waals surface area contributed by atoms with Crippen molar-refractivity contribution in [3.05, 3.63) is 53.6 Å². The van der Waals surface area contributed by atoms with Crippen LogP contribution in [0.15, 0.2) is 48.0 Å². The number of carbonyl (C=O) groups excluding carboxylic acids is 2. The highest BCUT2D eigenvalue weighted by Crippen LogP contribution is 2.20. The molecule has 0 aromatic heterocycles. The summed E-state index contributed by atoms with van der Waals surface area (Å²) in [7, 11) is 0. The molecule has 4 heteroatoms. The monoisotopic (exact) mass is 340 g/mol. The summed E-state index contributed by atoms with van der Waals surface area (Å²) in [5, 5.41) is 11.1. The topological polar surface area (TPSA) is 63.6 Å². The average molecular weight is 340 g/mol. The van der Waals surface area contributed by atoms with Gasteiger partial charge in [0.05, 0.1) is 0 Å². The van der Waals surface area contributed by atoms with Crippen molar-refractivity contribution in [2.75, 3.05) is 6.61 Å². The summed E-state index contributed by atoms with van der Waals surface area (Å²) in [6.07, 6.45) is 1.99. The molecule has 0 atom stereocenters. The summed E-state index contributed by atoms with van der Waals surface area (Å²) in [5.41, 5.74) is 0.0900. The summed E-state index contributed by atoms with van der Waals surface area (Å²) in [4.78, 5) is 24.9. The van der Waals surface area contributed by atoms with E-state index in [2.05, 4.69) is 0 Å². The van der Waals surface area contributed by atoms with Gasteiger partial charge in [0.1, 0.15) is 11.2 Å². The van der Waals surface area contributed by atoms with Crippen molar-refractivity contribution in [3.63, 3.8) is 0 Å². The van der Waals surface area contributed by atoms with Gasteiger partial charge in [0, 0.05) is 13.0 Å². The Hall–Kier alpha value is -2.46. The van der Waals surface area contributed by atoms with Gasteiger partial charge in [0.15, 0.2) is 5.78 Å². The number of rotatable bonds is 6.